The van der Waals surface area contributed by atoms with Crippen molar-refractivity contribution in [3.05, 3.63) is 93.6 Å². The van der Waals surface area contributed by atoms with Crippen LogP contribution in [0.25, 0.3) is 0 Å². The fraction of sp³-hybridized carbons (Fsp3) is 0.575. The van der Waals surface area contributed by atoms with Crippen LogP contribution in [-0.2, 0) is 23.8 Å². The van der Waals surface area contributed by atoms with Gasteiger partial charge < -0.3 is 50.9 Å². The van der Waals surface area contributed by atoms with Gasteiger partial charge in [-0.15, -0.1) is 32.4 Å². The molecule has 0 saturated carbocycles. The van der Waals surface area contributed by atoms with E-state index < -0.39 is 21.8 Å². The van der Waals surface area contributed by atoms with Crippen molar-refractivity contribution in [2.75, 3.05) is 13.7 Å². The molecule has 1 aromatic carbocycles. The van der Waals surface area contributed by atoms with Crippen molar-refractivity contribution in [2.45, 2.75) is 136 Å². The first-order valence-corrected chi connectivity index (χ1v) is 18.2. The van der Waals surface area contributed by atoms with Crippen LogP contribution in [0.15, 0.2) is 86.4 Å². The van der Waals surface area contributed by atoms with E-state index in [2.05, 4.69) is 60.2 Å². The Morgan fingerprint density at radius 2 is 1.34 bits per heavy atom. The maximum absolute atomic E-state index is 11.8. The van der Waals surface area contributed by atoms with Crippen LogP contribution in [0.5, 0.6) is 0 Å². The molecule has 0 unspecified atom stereocenters. The van der Waals surface area contributed by atoms with Gasteiger partial charge in [-0.05, 0) is 92.2 Å². The Morgan fingerprint density at radius 3 is 1.60 bits per heavy atom. The summed E-state index contributed by atoms with van der Waals surface area (Å²) in [6.07, 6.45) is 10.8. The second-order valence-corrected chi connectivity index (χ2v) is 14.3. The van der Waals surface area contributed by atoms with Crippen LogP contribution in [0.2, 0.25) is 0 Å². The fourth-order valence-electron chi connectivity index (χ4n) is 2.95. The van der Waals surface area contributed by atoms with Crippen molar-refractivity contribution < 1.29 is 56.8 Å². The Kier molecular flexibility index (Phi) is 55.8. The first-order valence-electron chi connectivity index (χ1n) is 16.8. The molecule has 1 saturated heterocycles. The zero-order valence-corrected chi connectivity index (χ0v) is 39.9. The maximum atomic E-state index is 11.8. The number of hydrogen-bond acceptors (Lipinski definition) is 7. The molecule has 0 spiro atoms. The second-order valence-electron chi connectivity index (χ2n) is 12.7. The van der Waals surface area contributed by atoms with Gasteiger partial charge in [0.05, 0.1) is 23.7 Å². The average molecular weight is 828 g/mol. The molecule has 5 atom stereocenters. The molecule has 0 bridgehead atoms. The molecule has 0 aromatic heterocycles. The van der Waals surface area contributed by atoms with Gasteiger partial charge in [-0.25, -0.2) is 4.79 Å². The Bertz CT molecular complexity index is 1130. The Morgan fingerprint density at radius 1 is 0.943 bits per heavy atom. The Hall–Kier alpha value is -0.868. The Labute approximate surface area is 370 Å². The summed E-state index contributed by atoms with van der Waals surface area (Å²) in [6.45, 7) is 41.5. The topological polar surface area (TPSA) is 109 Å². The minimum Gasteiger partial charge on any atom is -1.00 e. The van der Waals surface area contributed by atoms with Crippen LogP contribution in [0.1, 0.15) is 100.0 Å². The molecule has 1 amide bonds. The summed E-state index contributed by atoms with van der Waals surface area (Å²) in [5, 5.41) is 10.1. The van der Waals surface area contributed by atoms with Crippen LogP contribution < -0.4 is 29.9 Å². The fourth-order valence-corrected chi connectivity index (χ4v) is 4.04. The maximum Gasteiger partial charge on any atom is 2.00 e. The van der Waals surface area contributed by atoms with Crippen molar-refractivity contribution in [3.63, 3.8) is 0 Å². The summed E-state index contributed by atoms with van der Waals surface area (Å²) >= 11 is 0. The van der Waals surface area contributed by atoms with E-state index in [9.17, 15) is 18.3 Å². The Balaban J connectivity index is -0.0000000828. The van der Waals surface area contributed by atoms with Crippen molar-refractivity contribution >= 4 is 62.3 Å². The van der Waals surface area contributed by atoms with Gasteiger partial charge in [0.25, 0.3) is 10.1 Å². The van der Waals surface area contributed by atoms with Crippen molar-refractivity contribution in [1.29, 1.82) is 0 Å². The van der Waals surface area contributed by atoms with Gasteiger partial charge in [0, 0.05) is 13.1 Å². The minimum absolute atomic E-state index is 0. The molecule has 0 radical (unpaired) electrons. The number of benzene rings is 1. The second kappa shape index (κ2) is 42.3. The number of allylic oxidation sites excluding steroid dienone is 1. The predicted octanol–water partition coefficient (Wildman–Crippen LogP) is 2.66. The molecular formula is C40H69Cl2Mg2NO7S. The van der Waals surface area contributed by atoms with Crippen LogP contribution in [0, 0.1) is 19.4 Å². The SMILES string of the molecule is C=CC[C@@H](C)OS(=O)(=O)c1ccc(C)cc1.C=CC[C@@H](C)[O-].C=CC[C@H](C)CC.C=CC[C@H](C)N(C)C(=O)OC(C)(C)C.C[C@@H]1CO1.[CH-]=C.[Cl-].[Cl-].[Mg+2].[Mg+2]. The number of carbonyl (C=O) groups is 1. The van der Waals surface area contributed by atoms with E-state index in [4.69, 9.17) is 13.7 Å². The standard InChI is InChI=1S/C12H16O3S.C11H21NO2.C7H14.C5H9O.C3H6O.C2H3.2ClH.2Mg/c1-4-5-11(3)15-16(13,14)12-8-6-10(2)7-9-12;1-7-8-9(2)12(6)10(13)14-11(3,4)5;1-4-6-7(3)5-2;1-3-4-5(2)6;1-3-2-4-3;1-2;;;;/h4,6-9,11H,1,5H2,2-3H3;7,9H,1,8H2,2-6H3;4,7H,1,5-6H2,2-3H3;3,5H,1,4H2,2H3;3H,2H2,1H3;1H,2H2;2*1H;;/q;;;-1;;-1;;;2*+2/p-2/t11-;9-;7-;5-;3-;;;;;/m10111...../s1. The molecule has 1 aromatic rings. The van der Waals surface area contributed by atoms with Crippen molar-refractivity contribution in [3.8, 4) is 0 Å². The van der Waals surface area contributed by atoms with E-state index in [1.165, 1.54) is 6.42 Å². The monoisotopic (exact) mass is 825 g/mol. The zero-order chi connectivity index (χ0) is 39.2. The molecule has 1 fully saturated rings. The normalized spacial score (nSPS) is 13.9. The van der Waals surface area contributed by atoms with E-state index in [1.807, 2.05) is 40.7 Å². The quantitative estimate of drug-likeness (QED) is 0.0991. The van der Waals surface area contributed by atoms with Crippen LogP contribution in [0.3, 0.4) is 0 Å². The van der Waals surface area contributed by atoms with Gasteiger partial charge in [0.2, 0.25) is 0 Å². The number of rotatable bonds is 13. The number of carbonyl (C=O) groups excluding carboxylic acids is 1. The summed E-state index contributed by atoms with van der Waals surface area (Å²) < 4.78 is 38.5. The van der Waals surface area contributed by atoms with Gasteiger partial charge in [-0.3, -0.25) is 10.8 Å². The van der Waals surface area contributed by atoms with E-state index in [0.717, 1.165) is 30.9 Å². The van der Waals surface area contributed by atoms with Crippen molar-refractivity contribution in [2.24, 2.45) is 5.92 Å². The number of epoxide rings is 1. The molecule has 8 nitrogen and oxygen atoms in total. The molecular weight excluding hydrogens is 758 g/mol. The van der Waals surface area contributed by atoms with E-state index in [0.29, 0.717) is 18.9 Å². The minimum atomic E-state index is -3.65. The van der Waals surface area contributed by atoms with Crippen LogP contribution >= 0.6 is 0 Å². The van der Waals surface area contributed by atoms with E-state index in [1.54, 1.807) is 68.3 Å². The summed E-state index contributed by atoms with van der Waals surface area (Å²) in [5.41, 5.74) is 0.581. The van der Waals surface area contributed by atoms with Gasteiger partial charge >= 0.3 is 52.2 Å². The first kappa shape index (κ1) is 70.0. The molecule has 13 heteroatoms. The van der Waals surface area contributed by atoms with Gasteiger partial charge in [0.1, 0.15) is 5.60 Å². The third-order valence-corrected chi connectivity index (χ3v) is 7.65. The molecule has 300 valence electrons. The summed E-state index contributed by atoms with van der Waals surface area (Å²) in [4.78, 5) is 13.3. The molecule has 1 aliphatic heterocycles. The van der Waals surface area contributed by atoms with E-state index in [-0.39, 0.29) is 94.1 Å². The summed E-state index contributed by atoms with van der Waals surface area (Å²) in [7, 11) is -1.91. The molecule has 0 aliphatic carbocycles. The largest absolute Gasteiger partial charge is 2.00 e. The third kappa shape index (κ3) is 49.1. The van der Waals surface area contributed by atoms with Gasteiger partial charge in [0.15, 0.2) is 0 Å². The summed E-state index contributed by atoms with van der Waals surface area (Å²) in [5.74, 6) is 0.831. The number of hydrogen-bond donors (Lipinski definition) is 0. The smallest absolute Gasteiger partial charge is 1.00 e. The molecule has 1 heterocycles. The predicted molar refractivity (Wildman–Crippen MR) is 217 cm³/mol. The number of amides is 1. The number of aryl methyl sites for hydroxylation is 1. The number of halogens is 2. The molecule has 2 rings (SSSR count). The molecule has 0 N–H and O–H groups in total. The zero-order valence-electron chi connectivity index (χ0n) is 34.7. The molecule has 1 aliphatic rings. The van der Waals surface area contributed by atoms with Crippen LogP contribution in [0.4, 0.5) is 4.79 Å². The van der Waals surface area contributed by atoms with Gasteiger partial charge in [-0.2, -0.15) is 8.42 Å². The van der Waals surface area contributed by atoms with Crippen LogP contribution in [-0.4, -0.2) is 109 Å². The van der Waals surface area contributed by atoms with E-state index >= 15 is 0 Å². The number of ether oxygens (including phenoxy) is 2. The van der Waals surface area contributed by atoms with Gasteiger partial charge in [-0.1, -0.05) is 69.2 Å². The average Bonchev–Trinajstić information content (AvgIpc) is 3.80. The number of nitrogens with zero attached hydrogens (tertiary/aromatic N) is 1. The third-order valence-electron chi connectivity index (χ3n) is 6.21. The van der Waals surface area contributed by atoms with Crippen molar-refractivity contribution in [1.82, 2.24) is 4.90 Å². The first-order chi connectivity index (χ1) is 22.7. The molecule has 53 heavy (non-hydrogen) atoms. The summed E-state index contributed by atoms with van der Waals surface area (Å²) in [6, 6.07) is 6.71.